The predicted octanol–water partition coefficient (Wildman–Crippen LogP) is 2.61. The molecular weight excluding hydrogens is 443 g/mol. The summed E-state index contributed by atoms with van der Waals surface area (Å²) < 4.78 is 17.6. The predicted molar refractivity (Wildman–Crippen MR) is 125 cm³/mol. The van der Waals surface area contributed by atoms with Crippen molar-refractivity contribution in [1.29, 1.82) is 0 Å². The van der Waals surface area contributed by atoms with Crippen LogP contribution in [-0.4, -0.2) is 36.0 Å². The summed E-state index contributed by atoms with van der Waals surface area (Å²) in [6, 6.07) is 7.68. The number of pyridine rings is 1. The zero-order valence-electron chi connectivity index (χ0n) is 17.4. The lowest BCUT2D eigenvalue weighted by Crippen LogP contribution is -2.26. The smallest absolute Gasteiger partial charge is 0.267 e. The number of benzene rings is 1. The van der Waals surface area contributed by atoms with Gasteiger partial charge in [-0.1, -0.05) is 18.1 Å². The van der Waals surface area contributed by atoms with Gasteiger partial charge in [-0.15, -0.1) is 11.3 Å². The number of anilines is 1. The van der Waals surface area contributed by atoms with Crippen molar-refractivity contribution in [2.75, 3.05) is 12.3 Å². The molecule has 10 heteroatoms. The Labute approximate surface area is 190 Å². The number of hydrogen-bond acceptors (Lipinski definition) is 7. The number of nitrogens with two attached hydrogens (primary N) is 1. The third-order valence-electron chi connectivity index (χ3n) is 5.20. The first-order chi connectivity index (χ1) is 16.0. The molecule has 0 aliphatic rings. The first kappa shape index (κ1) is 20.8. The Morgan fingerprint density at radius 1 is 1.24 bits per heavy atom. The van der Waals surface area contributed by atoms with Crippen molar-refractivity contribution in [3.05, 3.63) is 75.2 Å². The molecule has 3 N–H and O–H groups in total. The molecule has 5 aromatic rings. The van der Waals surface area contributed by atoms with E-state index in [1.165, 1.54) is 32.7 Å². The SMILES string of the molecule is Cc1csc2nc(Cn3nc(C#CCO)c4c(N)ccnc43)n(-c3ccccc3F)c(=O)c12. The van der Waals surface area contributed by atoms with Crippen molar-refractivity contribution in [2.45, 2.75) is 13.5 Å². The second kappa shape index (κ2) is 8.12. The molecule has 0 aliphatic carbocycles. The van der Waals surface area contributed by atoms with Crippen molar-refractivity contribution < 1.29 is 9.50 Å². The van der Waals surface area contributed by atoms with Gasteiger partial charge in [-0.05, 0) is 42.0 Å². The van der Waals surface area contributed by atoms with Crippen LogP contribution in [0.5, 0.6) is 0 Å². The average Bonchev–Trinajstić information content (AvgIpc) is 3.35. The van der Waals surface area contributed by atoms with Gasteiger partial charge in [0.1, 0.15) is 35.3 Å². The molecular formula is C23H17FN6O2S. The number of thiophene rings is 1. The van der Waals surface area contributed by atoms with Gasteiger partial charge in [0.25, 0.3) is 5.56 Å². The summed E-state index contributed by atoms with van der Waals surface area (Å²) in [6.45, 7) is 1.51. The Balaban J connectivity index is 1.78. The largest absolute Gasteiger partial charge is 0.398 e. The summed E-state index contributed by atoms with van der Waals surface area (Å²) in [5, 5.41) is 16.4. The fourth-order valence-corrected chi connectivity index (χ4v) is 4.66. The van der Waals surface area contributed by atoms with Crippen LogP contribution in [0.25, 0.3) is 26.9 Å². The molecule has 164 valence electrons. The number of fused-ring (bicyclic) bond motifs is 2. The van der Waals surface area contributed by atoms with Crippen LogP contribution in [0.3, 0.4) is 0 Å². The lowest BCUT2D eigenvalue weighted by molar-refractivity contribution is 0.350. The van der Waals surface area contributed by atoms with Crippen LogP contribution in [0.15, 0.2) is 46.7 Å². The third kappa shape index (κ3) is 3.44. The first-order valence-electron chi connectivity index (χ1n) is 9.95. The molecule has 0 saturated carbocycles. The minimum absolute atomic E-state index is 0.0181. The van der Waals surface area contributed by atoms with Crippen molar-refractivity contribution in [1.82, 2.24) is 24.3 Å². The van der Waals surface area contributed by atoms with E-state index in [4.69, 9.17) is 10.8 Å². The topological polar surface area (TPSA) is 112 Å². The highest BCUT2D eigenvalue weighted by molar-refractivity contribution is 7.16. The van der Waals surface area contributed by atoms with E-state index in [9.17, 15) is 9.18 Å². The van der Waals surface area contributed by atoms with Crippen LogP contribution in [0.2, 0.25) is 0 Å². The molecule has 0 amide bonds. The molecule has 33 heavy (non-hydrogen) atoms. The van der Waals surface area contributed by atoms with E-state index in [0.717, 1.165) is 5.56 Å². The summed E-state index contributed by atoms with van der Waals surface area (Å²) in [5.41, 5.74) is 7.87. The van der Waals surface area contributed by atoms with Gasteiger partial charge >= 0.3 is 0 Å². The van der Waals surface area contributed by atoms with Crippen LogP contribution < -0.4 is 11.3 Å². The molecule has 4 heterocycles. The number of halogens is 1. The fourth-order valence-electron chi connectivity index (χ4n) is 3.73. The Bertz CT molecular complexity index is 1660. The second-order valence-corrected chi connectivity index (χ2v) is 8.14. The van der Waals surface area contributed by atoms with Crippen LogP contribution in [0.1, 0.15) is 17.1 Å². The van der Waals surface area contributed by atoms with Crippen LogP contribution in [0.4, 0.5) is 10.1 Å². The Morgan fingerprint density at radius 2 is 2.06 bits per heavy atom. The highest BCUT2D eigenvalue weighted by atomic mass is 32.1. The lowest BCUT2D eigenvalue weighted by Gasteiger charge is -2.14. The first-order valence-corrected chi connectivity index (χ1v) is 10.8. The number of aromatic nitrogens is 5. The molecule has 8 nitrogen and oxygen atoms in total. The number of aliphatic hydroxyl groups is 1. The molecule has 1 aromatic carbocycles. The summed E-state index contributed by atoms with van der Waals surface area (Å²) in [5.74, 6) is 5.10. The minimum Gasteiger partial charge on any atom is -0.398 e. The van der Waals surface area contributed by atoms with Gasteiger partial charge < -0.3 is 10.8 Å². The van der Waals surface area contributed by atoms with Crippen LogP contribution in [0, 0.1) is 24.6 Å². The van der Waals surface area contributed by atoms with E-state index in [2.05, 4.69) is 26.9 Å². The molecule has 4 aromatic heterocycles. The maximum absolute atomic E-state index is 14.8. The average molecular weight is 460 g/mol. The van der Waals surface area contributed by atoms with Crippen LogP contribution in [-0.2, 0) is 6.54 Å². The van der Waals surface area contributed by atoms with Gasteiger partial charge in [0.05, 0.1) is 16.5 Å². The van der Waals surface area contributed by atoms with Crippen molar-refractivity contribution in [3.63, 3.8) is 0 Å². The van der Waals surface area contributed by atoms with E-state index in [-0.39, 0.29) is 30.2 Å². The van der Waals surface area contributed by atoms with Gasteiger partial charge in [0.15, 0.2) is 5.65 Å². The number of nitrogens with zero attached hydrogens (tertiary/aromatic N) is 5. The van der Waals surface area contributed by atoms with E-state index in [0.29, 0.717) is 32.6 Å². The van der Waals surface area contributed by atoms with Crippen molar-refractivity contribution >= 4 is 38.3 Å². The lowest BCUT2D eigenvalue weighted by atomic mass is 10.2. The molecule has 0 saturated heterocycles. The Kier molecular flexibility index (Phi) is 5.12. The summed E-state index contributed by atoms with van der Waals surface area (Å²) in [6.07, 6.45) is 1.54. The summed E-state index contributed by atoms with van der Waals surface area (Å²) in [4.78, 5) is 23.1. The quantitative estimate of drug-likeness (QED) is 0.401. The summed E-state index contributed by atoms with van der Waals surface area (Å²) in [7, 11) is 0. The van der Waals surface area contributed by atoms with Gasteiger partial charge in [-0.25, -0.2) is 19.0 Å². The number of para-hydroxylation sites is 1. The number of hydrogen-bond donors (Lipinski definition) is 2. The monoisotopic (exact) mass is 460 g/mol. The van der Waals surface area contributed by atoms with Gasteiger partial charge in [-0.2, -0.15) is 5.10 Å². The highest BCUT2D eigenvalue weighted by Crippen LogP contribution is 2.26. The normalized spacial score (nSPS) is 11.1. The zero-order valence-corrected chi connectivity index (χ0v) is 18.2. The van der Waals surface area contributed by atoms with E-state index < -0.39 is 5.82 Å². The molecule has 0 radical (unpaired) electrons. The number of aliphatic hydroxyl groups excluding tert-OH is 1. The van der Waals surface area contributed by atoms with E-state index in [1.807, 2.05) is 12.3 Å². The van der Waals surface area contributed by atoms with E-state index >= 15 is 0 Å². The molecule has 0 bridgehead atoms. The Hall–Kier alpha value is -4.07. The van der Waals surface area contributed by atoms with Crippen molar-refractivity contribution in [3.8, 4) is 17.5 Å². The second-order valence-electron chi connectivity index (χ2n) is 7.28. The standard InChI is InChI=1S/C23H17FN6O2S/c1-13-12-33-22-19(13)23(32)30(17-7-3-2-5-14(17)24)18(27-22)11-29-21-20(15(25)8-9-26-21)16(28-29)6-4-10-31/h2-3,5,7-9,12,31H,10-11H2,1H3,(H2,25,26). The molecule has 0 unspecified atom stereocenters. The summed E-state index contributed by atoms with van der Waals surface area (Å²) >= 11 is 1.35. The van der Waals surface area contributed by atoms with Crippen LogP contribution >= 0.6 is 11.3 Å². The third-order valence-corrected chi connectivity index (χ3v) is 6.19. The number of nitrogen functional groups attached to an aromatic ring is 1. The maximum atomic E-state index is 14.8. The Morgan fingerprint density at radius 3 is 2.85 bits per heavy atom. The van der Waals surface area contributed by atoms with E-state index in [1.54, 1.807) is 24.4 Å². The van der Waals surface area contributed by atoms with Gasteiger partial charge in [0.2, 0.25) is 0 Å². The molecule has 0 spiro atoms. The zero-order chi connectivity index (χ0) is 23.1. The number of rotatable bonds is 3. The highest BCUT2D eigenvalue weighted by Gasteiger charge is 2.20. The van der Waals surface area contributed by atoms with Gasteiger partial charge in [-0.3, -0.25) is 9.36 Å². The minimum atomic E-state index is -0.544. The maximum Gasteiger partial charge on any atom is 0.267 e. The molecule has 0 fully saturated rings. The van der Waals surface area contributed by atoms with Crippen molar-refractivity contribution in [2.24, 2.45) is 0 Å². The van der Waals surface area contributed by atoms with Gasteiger partial charge in [0, 0.05) is 11.9 Å². The fraction of sp³-hybridized carbons (Fsp3) is 0.130. The molecule has 5 rings (SSSR count). The number of aryl methyl sites for hydroxylation is 1. The molecule has 0 aliphatic heterocycles. The molecule has 0 atom stereocenters.